The maximum atomic E-state index is 9.21. The van der Waals surface area contributed by atoms with E-state index in [0.717, 1.165) is 5.56 Å². The van der Waals surface area contributed by atoms with Gasteiger partial charge in [0.05, 0.1) is 12.6 Å². The lowest BCUT2D eigenvalue weighted by molar-refractivity contribution is 0.199. The smallest absolute Gasteiger partial charge is 0.243 e. The number of benzene rings is 1. The van der Waals surface area contributed by atoms with Crippen molar-refractivity contribution >= 4 is 0 Å². The Balaban J connectivity index is 1.97. The van der Waals surface area contributed by atoms with Gasteiger partial charge in [0.1, 0.15) is 5.75 Å². The third kappa shape index (κ3) is 3.77. The first-order chi connectivity index (χ1) is 9.19. The van der Waals surface area contributed by atoms with E-state index in [2.05, 4.69) is 10.1 Å². The Hall–Kier alpha value is -1.92. The number of phenolic OH excluding ortho intramolecular Hbond substituents is 1. The van der Waals surface area contributed by atoms with Gasteiger partial charge in [-0.15, -0.1) is 0 Å². The van der Waals surface area contributed by atoms with Crippen molar-refractivity contribution < 1.29 is 14.4 Å². The molecule has 6 nitrogen and oxygen atoms in total. The van der Waals surface area contributed by atoms with Crippen molar-refractivity contribution in [3.8, 4) is 5.75 Å². The number of aromatic nitrogens is 2. The molecule has 0 spiro atoms. The van der Waals surface area contributed by atoms with Crippen LogP contribution in [0.25, 0.3) is 0 Å². The molecular weight excluding hydrogens is 246 g/mol. The SMILES string of the molecule is COCCc1noc([C@@H](N)Cc2ccc(O)cc2)n1. The number of hydrogen-bond acceptors (Lipinski definition) is 6. The molecule has 1 aromatic heterocycles. The predicted molar refractivity (Wildman–Crippen MR) is 68.6 cm³/mol. The van der Waals surface area contributed by atoms with Gasteiger partial charge in [-0.25, -0.2) is 0 Å². The molecule has 0 amide bonds. The van der Waals surface area contributed by atoms with Crippen molar-refractivity contribution in [2.24, 2.45) is 5.73 Å². The van der Waals surface area contributed by atoms with Crippen LogP contribution >= 0.6 is 0 Å². The van der Waals surface area contributed by atoms with Crippen LogP contribution in [-0.2, 0) is 17.6 Å². The summed E-state index contributed by atoms with van der Waals surface area (Å²) in [5, 5.41) is 13.1. The highest BCUT2D eigenvalue weighted by atomic mass is 16.5. The lowest BCUT2D eigenvalue weighted by Crippen LogP contribution is -2.14. The normalized spacial score (nSPS) is 12.5. The molecule has 0 bridgehead atoms. The summed E-state index contributed by atoms with van der Waals surface area (Å²) in [5.41, 5.74) is 7.02. The lowest BCUT2D eigenvalue weighted by Gasteiger charge is -2.06. The minimum atomic E-state index is -0.353. The van der Waals surface area contributed by atoms with E-state index >= 15 is 0 Å². The minimum absolute atomic E-state index is 0.233. The van der Waals surface area contributed by atoms with E-state index in [-0.39, 0.29) is 11.8 Å². The first-order valence-corrected chi connectivity index (χ1v) is 6.04. The Kier molecular flexibility index (Phi) is 4.48. The van der Waals surface area contributed by atoms with E-state index in [4.69, 9.17) is 15.0 Å². The molecule has 3 N–H and O–H groups in total. The first kappa shape index (κ1) is 13.5. The minimum Gasteiger partial charge on any atom is -0.508 e. The molecule has 2 aromatic rings. The molecular formula is C13H17N3O3. The van der Waals surface area contributed by atoms with E-state index in [0.29, 0.717) is 31.2 Å². The largest absolute Gasteiger partial charge is 0.508 e. The van der Waals surface area contributed by atoms with Crippen LogP contribution in [0.5, 0.6) is 5.75 Å². The summed E-state index contributed by atoms with van der Waals surface area (Å²) in [6.07, 6.45) is 1.18. The van der Waals surface area contributed by atoms with Crippen LogP contribution in [0, 0.1) is 0 Å². The fourth-order valence-electron chi connectivity index (χ4n) is 1.69. The molecule has 0 aliphatic heterocycles. The Bertz CT molecular complexity index is 510. The van der Waals surface area contributed by atoms with Gasteiger partial charge in [-0.1, -0.05) is 17.3 Å². The molecule has 1 atom stereocenters. The van der Waals surface area contributed by atoms with Gasteiger partial charge < -0.3 is 20.1 Å². The second-order valence-electron chi connectivity index (χ2n) is 4.27. The number of phenols is 1. The molecule has 2 rings (SSSR count). The van der Waals surface area contributed by atoms with Crippen LogP contribution < -0.4 is 5.73 Å². The molecule has 0 aliphatic rings. The molecule has 0 radical (unpaired) electrons. The van der Waals surface area contributed by atoms with Gasteiger partial charge in [-0.05, 0) is 24.1 Å². The maximum Gasteiger partial charge on any atom is 0.243 e. The third-order valence-electron chi connectivity index (χ3n) is 2.72. The van der Waals surface area contributed by atoms with Crippen molar-refractivity contribution in [1.29, 1.82) is 0 Å². The van der Waals surface area contributed by atoms with Gasteiger partial charge in [0, 0.05) is 13.5 Å². The standard InChI is InChI=1S/C13H17N3O3/c1-18-7-6-12-15-13(19-16-12)11(14)8-9-2-4-10(17)5-3-9/h2-5,11,17H,6-8,14H2,1H3/t11-/m0/s1. The monoisotopic (exact) mass is 263 g/mol. The van der Waals surface area contributed by atoms with Crippen molar-refractivity contribution in [3.05, 3.63) is 41.5 Å². The molecule has 0 saturated heterocycles. The number of ether oxygens (including phenoxy) is 1. The second kappa shape index (κ2) is 6.31. The molecule has 0 fully saturated rings. The molecule has 0 saturated carbocycles. The van der Waals surface area contributed by atoms with Gasteiger partial charge >= 0.3 is 0 Å². The lowest BCUT2D eigenvalue weighted by atomic mass is 10.1. The average molecular weight is 263 g/mol. The second-order valence-corrected chi connectivity index (χ2v) is 4.27. The summed E-state index contributed by atoms with van der Waals surface area (Å²) in [7, 11) is 1.62. The van der Waals surface area contributed by atoms with Gasteiger partial charge in [-0.3, -0.25) is 0 Å². The number of rotatable bonds is 6. The van der Waals surface area contributed by atoms with E-state index < -0.39 is 0 Å². The number of aromatic hydroxyl groups is 1. The van der Waals surface area contributed by atoms with Crippen LogP contribution in [0.1, 0.15) is 23.3 Å². The zero-order valence-corrected chi connectivity index (χ0v) is 10.7. The van der Waals surface area contributed by atoms with E-state index in [1.54, 1.807) is 19.2 Å². The molecule has 102 valence electrons. The molecule has 1 heterocycles. The Morgan fingerprint density at radius 3 is 2.79 bits per heavy atom. The summed E-state index contributed by atoms with van der Waals surface area (Å²) in [5.74, 6) is 1.24. The summed E-state index contributed by atoms with van der Waals surface area (Å²) < 4.78 is 10.1. The Morgan fingerprint density at radius 1 is 1.37 bits per heavy atom. The van der Waals surface area contributed by atoms with E-state index in [1.807, 2.05) is 12.1 Å². The molecule has 1 aromatic carbocycles. The molecule has 19 heavy (non-hydrogen) atoms. The summed E-state index contributed by atoms with van der Waals surface area (Å²) in [6.45, 7) is 0.548. The van der Waals surface area contributed by atoms with Crippen LogP contribution in [0.4, 0.5) is 0 Å². The van der Waals surface area contributed by atoms with Crippen LogP contribution in [0.2, 0.25) is 0 Å². The number of hydrogen-bond donors (Lipinski definition) is 2. The van der Waals surface area contributed by atoms with E-state index in [9.17, 15) is 5.11 Å². The quantitative estimate of drug-likeness (QED) is 0.813. The zero-order valence-electron chi connectivity index (χ0n) is 10.7. The van der Waals surface area contributed by atoms with Crippen LogP contribution in [0.3, 0.4) is 0 Å². The topological polar surface area (TPSA) is 94.4 Å². The highest BCUT2D eigenvalue weighted by Crippen LogP contribution is 2.17. The first-order valence-electron chi connectivity index (χ1n) is 6.04. The fourth-order valence-corrected chi connectivity index (χ4v) is 1.69. The number of nitrogens with two attached hydrogens (primary N) is 1. The Morgan fingerprint density at radius 2 is 2.11 bits per heavy atom. The zero-order chi connectivity index (χ0) is 13.7. The van der Waals surface area contributed by atoms with E-state index in [1.165, 1.54) is 0 Å². The highest BCUT2D eigenvalue weighted by Gasteiger charge is 2.15. The molecule has 6 heteroatoms. The highest BCUT2D eigenvalue weighted by molar-refractivity contribution is 5.26. The van der Waals surface area contributed by atoms with Crippen molar-refractivity contribution in [2.45, 2.75) is 18.9 Å². The Labute approximate surface area is 111 Å². The maximum absolute atomic E-state index is 9.21. The predicted octanol–water partition coefficient (Wildman–Crippen LogP) is 1.21. The average Bonchev–Trinajstić information content (AvgIpc) is 2.88. The van der Waals surface area contributed by atoms with Crippen LogP contribution in [-0.4, -0.2) is 29.0 Å². The van der Waals surface area contributed by atoms with Crippen molar-refractivity contribution in [3.63, 3.8) is 0 Å². The third-order valence-corrected chi connectivity index (χ3v) is 2.72. The molecule has 0 unspecified atom stereocenters. The van der Waals surface area contributed by atoms with Crippen LogP contribution in [0.15, 0.2) is 28.8 Å². The summed E-state index contributed by atoms with van der Waals surface area (Å²) >= 11 is 0. The van der Waals surface area contributed by atoms with Gasteiger partial charge in [-0.2, -0.15) is 4.98 Å². The van der Waals surface area contributed by atoms with Gasteiger partial charge in [0.25, 0.3) is 0 Å². The van der Waals surface area contributed by atoms with Crippen molar-refractivity contribution in [2.75, 3.05) is 13.7 Å². The van der Waals surface area contributed by atoms with Gasteiger partial charge in [0.15, 0.2) is 5.82 Å². The van der Waals surface area contributed by atoms with Gasteiger partial charge in [0.2, 0.25) is 5.89 Å². The van der Waals surface area contributed by atoms with Crippen molar-refractivity contribution in [1.82, 2.24) is 10.1 Å². The summed E-state index contributed by atoms with van der Waals surface area (Å²) in [4.78, 5) is 4.23. The number of methoxy groups -OCH3 is 1. The number of nitrogens with zero attached hydrogens (tertiary/aromatic N) is 2. The fraction of sp³-hybridized carbons (Fsp3) is 0.385. The molecule has 0 aliphatic carbocycles. The summed E-state index contributed by atoms with van der Waals surface area (Å²) in [6, 6.07) is 6.53.